The molecule has 2 heterocycles. The fraction of sp³-hybridized carbons (Fsp3) is 0.550. The molecule has 28 heavy (non-hydrogen) atoms. The number of furan rings is 1. The second kappa shape index (κ2) is 11.3. The molecule has 8 nitrogen and oxygen atoms in total. The van der Waals surface area contributed by atoms with Crippen molar-refractivity contribution in [2.45, 2.75) is 32.7 Å². The third-order valence-electron chi connectivity index (χ3n) is 4.69. The normalized spacial score (nSPS) is 16.1. The maximum atomic E-state index is 12.3. The quantitative estimate of drug-likeness (QED) is 0.610. The van der Waals surface area contributed by atoms with Crippen molar-refractivity contribution in [2.75, 3.05) is 39.3 Å². The lowest BCUT2D eigenvalue weighted by Crippen LogP contribution is -2.52. The van der Waals surface area contributed by atoms with Crippen LogP contribution < -0.4 is 10.6 Å². The Bertz CT molecular complexity index is 664. The predicted octanol–water partition coefficient (Wildman–Crippen LogP) is 0.858. The Hall–Kier alpha value is -2.61. The van der Waals surface area contributed by atoms with E-state index in [1.165, 1.54) is 12.3 Å². The van der Waals surface area contributed by atoms with Crippen LogP contribution in [0.3, 0.4) is 0 Å². The van der Waals surface area contributed by atoms with Gasteiger partial charge in [0.25, 0.3) is 0 Å². The van der Waals surface area contributed by atoms with Crippen molar-refractivity contribution in [1.29, 1.82) is 0 Å². The lowest BCUT2D eigenvalue weighted by atomic mass is 10.2. The highest BCUT2D eigenvalue weighted by Gasteiger charge is 2.22. The monoisotopic (exact) mass is 390 g/mol. The summed E-state index contributed by atoms with van der Waals surface area (Å²) in [5.74, 6) is 0.377. The predicted molar refractivity (Wildman–Crippen MR) is 106 cm³/mol. The smallest absolute Gasteiger partial charge is 0.244 e. The number of rotatable bonds is 9. The van der Waals surface area contributed by atoms with E-state index in [1.807, 2.05) is 13.8 Å². The van der Waals surface area contributed by atoms with Gasteiger partial charge in [0, 0.05) is 51.3 Å². The average molecular weight is 390 g/mol. The van der Waals surface area contributed by atoms with Crippen LogP contribution >= 0.6 is 0 Å². The zero-order valence-electron chi connectivity index (χ0n) is 16.6. The van der Waals surface area contributed by atoms with Gasteiger partial charge in [-0.3, -0.25) is 19.3 Å². The first-order chi connectivity index (χ1) is 13.5. The summed E-state index contributed by atoms with van der Waals surface area (Å²) in [6.45, 7) is 7.23. The first-order valence-electron chi connectivity index (χ1n) is 9.77. The van der Waals surface area contributed by atoms with Crippen molar-refractivity contribution < 1.29 is 18.8 Å². The van der Waals surface area contributed by atoms with Crippen molar-refractivity contribution in [3.05, 3.63) is 30.2 Å². The highest BCUT2D eigenvalue weighted by molar-refractivity contribution is 5.91. The van der Waals surface area contributed by atoms with E-state index in [2.05, 4.69) is 15.5 Å². The molecule has 0 saturated carbocycles. The van der Waals surface area contributed by atoms with Crippen molar-refractivity contribution in [3.63, 3.8) is 0 Å². The fourth-order valence-electron chi connectivity index (χ4n) is 2.83. The van der Waals surface area contributed by atoms with Gasteiger partial charge in [-0.15, -0.1) is 0 Å². The molecule has 1 atom stereocenters. The molecule has 0 radical (unpaired) electrons. The van der Waals surface area contributed by atoms with Crippen LogP contribution in [-0.2, 0) is 14.4 Å². The Balaban J connectivity index is 1.61. The third kappa shape index (κ3) is 7.56. The molecule has 1 fully saturated rings. The summed E-state index contributed by atoms with van der Waals surface area (Å²) in [5, 5.41) is 5.65. The van der Waals surface area contributed by atoms with Crippen LogP contribution in [0, 0.1) is 0 Å². The first-order valence-corrected chi connectivity index (χ1v) is 9.77. The van der Waals surface area contributed by atoms with Crippen LogP contribution in [-0.4, -0.2) is 72.8 Å². The Kier molecular flexibility index (Phi) is 8.74. The Morgan fingerprint density at radius 1 is 1.25 bits per heavy atom. The number of piperazine rings is 1. The molecule has 0 bridgehead atoms. The van der Waals surface area contributed by atoms with Gasteiger partial charge in [0.2, 0.25) is 17.7 Å². The molecular weight excluding hydrogens is 360 g/mol. The summed E-state index contributed by atoms with van der Waals surface area (Å²) in [4.78, 5) is 39.8. The van der Waals surface area contributed by atoms with E-state index in [9.17, 15) is 14.4 Å². The van der Waals surface area contributed by atoms with Crippen molar-refractivity contribution in [2.24, 2.45) is 0 Å². The van der Waals surface area contributed by atoms with E-state index in [-0.39, 0.29) is 36.7 Å². The summed E-state index contributed by atoms with van der Waals surface area (Å²) >= 11 is 0. The molecule has 1 aromatic rings. The van der Waals surface area contributed by atoms with E-state index in [4.69, 9.17) is 4.42 Å². The highest BCUT2D eigenvalue weighted by Crippen LogP contribution is 2.04. The second-order valence-electron chi connectivity index (χ2n) is 6.92. The topological polar surface area (TPSA) is 94.9 Å². The Morgan fingerprint density at radius 3 is 2.64 bits per heavy atom. The van der Waals surface area contributed by atoms with E-state index >= 15 is 0 Å². The first kappa shape index (κ1) is 21.7. The molecule has 8 heteroatoms. The lowest BCUT2D eigenvalue weighted by molar-refractivity contribution is -0.133. The van der Waals surface area contributed by atoms with Gasteiger partial charge in [-0.05, 0) is 31.6 Å². The molecule has 1 saturated heterocycles. The number of hydrogen-bond donors (Lipinski definition) is 2. The fourth-order valence-corrected chi connectivity index (χ4v) is 2.83. The van der Waals surface area contributed by atoms with Crippen molar-refractivity contribution in [1.82, 2.24) is 20.4 Å². The van der Waals surface area contributed by atoms with Crippen LogP contribution in [0.1, 0.15) is 32.4 Å². The molecule has 1 aromatic heterocycles. The number of amides is 3. The van der Waals surface area contributed by atoms with Gasteiger partial charge in [-0.1, -0.05) is 6.92 Å². The average Bonchev–Trinajstić information content (AvgIpc) is 3.20. The largest absolute Gasteiger partial charge is 0.465 e. The molecule has 1 aliphatic rings. The molecular formula is C20H30N4O4. The number of carbonyl (C=O) groups is 3. The van der Waals surface area contributed by atoms with E-state index in [1.54, 1.807) is 23.1 Å². The molecule has 0 aromatic carbocycles. The van der Waals surface area contributed by atoms with Crippen molar-refractivity contribution in [3.8, 4) is 0 Å². The van der Waals surface area contributed by atoms with E-state index in [0.29, 0.717) is 38.5 Å². The summed E-state index contributed by atoms with van der Waals surface area (Å²) in [7, 11) is 0. The Labute approximate surface area is 165 Å². The van der Waals surface area contributed by atoms with Crippen LogP contribution in [0.25, 0.3) is 6.08 Å². The minimum atomic E-state index is -0.263. The lowest BCUT2D eigenvalue weighted by Gasteiger charge is -2.34. The zero-order chi connectivity index (χ0) is 20.4. The van der Waals surface area contributed by atoms with Gasteiger partial charge in [-0.2, -0.15) is 0 Å². The molecule has 0 aliphatic carbocycles. The Morgan fingerprint density at radius 2 is 2.00 bits per heavy atom. The van der Waals surface area contributed by atoms with Crippen LogP contribution in [0.4, 0.5) is 0 Å². The molecule has 1 unspecified atom stereocenters. The van der Waals surface area contributed by atoms with Crippen LogP contribution in [0.5, 0.6) is 0 Å². The van der Waals surface area contributed by atoms with Crippen LogP contribution in [0.2, 0.25) is 0 Å². The van der Waals surface area contributed by atoms with Gasteiger partial charge in [0.15, 0.2) is 0 Å². The standard InChI is InChI=1S/C20H30N4O4/c1-3-16(2)22-19(26)15-23-10-12-24(13-11-23)20(27)8-9-21-18(25)7-6-17-5-4-14-28-17/h4-7,14,16H,3,8-13,15H2,1-2H3,(H,21,25)(H,22,26)/b7-6+. The van der Waals surface area contributed by atoms with E-state index < -0.39 is 0 Å². The number of hydrogen-bond acceptors (Lipinski definition) is 5. The van der Waals surface area contributed by atoms with Gasteiger partial charge in [0.1, 0.15) is 5.76 Å². The maximum absolute atomic E-state index is 12.3. The van der Waals surface area contributed by atoms with Crippen molar-refractivity contribution >= 4 is 23.8 Å². The second-order valence-corrected chi connectivity index (χ2v) is 6.92. The van der Waals surface area contributed by atoms with E-state index in [0.717, 1.165) is 6.42 Å². The number of nitrogens with one attached hydrogen (secondary N) is 2. The summed E-state index contributed by atoms with van der Waals surface area (Å²) in [6, 6.07) is 3.68. The molecule has 3 amide bonds. The molecule has 2 N–H and O–H groups in total. The van der Waals surface area contributed by atoms with Gasteiger partial charge < -0.3 is 20.0 Å². The summed E-state index contributed by atoms with van der Waals surface area (Å²) in [5.41, 5.74) is 0. The molecule has 0 spiro atoms. The SMILES string of the molecule is CCC(C)NC(=O)CN1CCN(C(=O)CCNC(=O)/C=C/c2ccco2)CC1. The minimum absolute atomic E-state index is 0.0130. The zero-order valence-corrected chi connectivity index (χ0v) is 16.6. The van der Waals surface area contributed by atoms with Crippen LogP contribution in [0.15, 0.2) is 28.9 Å². The number of nitrogens with zero attached hydrogens (tertiary/aromatic N) is 2. The minimum Gasteiger partial charge on any atom is -0.465 e. The summed E-state index contributed by atoms with van der Waals surface area (Å²) < 4.78 is 5.11. The third-order valence-corrected chi connectivity index (χ3v) is 4.69. The maximum Gasteiger partial charge on any atom is 0.244 e. The van der Waals surface area contributed by atoms with Gasteiger partial charge in [-0.25, -0.2) is 0 Å². The van der Waals surface area contributed by atoms with Gasteiger partial charge >= 0.3 is 0 Å². The molecule has 2 rings (SSSR count). The molecule has 154 valence electrons. The number of carbonyl (C=O) groups excluding carboxylic acids is 3. The van der Waals surface area contributed by atoms with Gasteiger partial charge in [0.05, 0.1) is 12.8 Å². The highest BCUT2D eigenvalue weighted by atomic mass is 16.3. The molecule has 1 aliphatic heterocycles. The summed E-state index contributed by atoms with van der Waals surface area (Å²) in [6.07, 6.45) is 5.66.